The Morgan fingerprint density at radius 3 is 2.00 bits per heavy atom. The maximum absolute atomic E-state index is 13.7. The Morgan fingerprint density at radius 1 is 0.957 bits per heavy atom. The predicted molar refractivity (Wildman–Crippen MR) is 67.2 cm³/mol. The normalized spacial score (nSPS) is 18.1. The number of amides is 1. The van der Waals surface area contributed by atoms with E-state index in [1.165, 1.54) is 0 Å². The summed E-state index contributed by atoms with van der Waals surface area (Å²) < 4.78 is 66.9. The fraction of sp³-hybridized carbons (Fsp3) is 0.429. The Morgan fingerprint density at radius 2 is 1.48 bits per heavy atom. The first-order valence-electron chi connectivity index (χ1n) is 6.79. The van der Waals surface area contributed by atoms with Gasteiger partial charge in [0.25, 0.3) is 5.91 Å². The van der Waals surface area contributed by atoms with Gasteiger partial charge in [0.05, 0.1) is 6.42 Å². The predicted octanol–water partition coefficient (Wildman–Crippen LogP) is 2.85. The Kier molecular flexibility index (Phi) is 4.86. The summed E-state index contributed by atoms with van der Waals surface area (Å²) in [7, 11) is 0. The first-order chi connectivity index (χ1) is 10.8. The molecule has 1 aromatic carbocycles. The van der Waals surface area contributed by atoms with Crippen molar-refractivity contribution in [2.75, 3.05) is 6.54 Å². The molecule has 1 unspecified atom stereocenters. The molecule has 0 spiro atoms. The van der Waals surface area contributed by atoms with E-state index in [1.807, 2.05) is 0 Å². The fourth-order valence-electron chi connectivity index (χ4n) is 2.62. The topological polar surface area (TPSA) is 57.6 Å². The molecule has 0 bridgehead atoms. The molecule has 1 aliphatic heterocycles. The first kappa shape index (κ1) is 17.2. The molecular formula is C14H12F5NO3. The van der Waals surface area contributed by atoms with Crippen LogP contribution in [-0.2, 0) is 4.79 Å². The van der Waals surface area contributed by atoms with Gasteiger partial charge in [-0.25, -0.2) is 22.0 Å². The largest absolute Gasteiger partial charge is 0.481 e. The lowest BCUT2D eigenvalue weighted by molar-refractivity contribution is -0.138. The van der Waals surface area contributed by atoms with Crippen molar-refractivity contribution in [3.05, 3.63) is 34.6 Å². The number of carboxylic acids is 1. The van der Waals surface area contributed by atoms with E-state index < -0.39 is 59.0 Å². The summed E-state index contributed by atoms with van der Waals surface area (Å²) in [6.07, 6.45) is 0.838. The van der Waals surface area contributed by atoms with E-state index in [2.05, 4.69) is 0 Å². The molecule has 1 heterocycles. The second kappa shape index (κ2) is 6.51. The number of benzene rings is 1. The zero-order valence-corrected chi connectivity index (χ0v) is 11.7. The van der Waals surface area contributed by atoms with Gasteiger partial charge in [0.1, 0.15) is 5.56 Å². The molecule has 1 aromatic rings. The van der Waals surface area contributed by atoms with E-state index in [1.54, 1.807) is 0 Å². The van der Waals surface area contributed by atoms with Gasteiger partial charge in [-0.1, -0.05) is 0 Å². The number of carboxylic acid groups (broad SMARTS) is 1. The van der Waals surface area contributed by atoms with Crippen molar-refractivity contribution in [2.24, 2.45) is 0 Å². The number of nitrogens with zero attached hydrogens (tertiary/aromatic N) is 1. The van der Waals surface area contributed by atoms with Crippen molar-refractivity contribution >= 4 is 11.9 Å². The molecule has 0 saturated carbocycles. The third kappa shape index (κ3) is 3.13. The van der Waals surface area contributed by atoms with Crippen LogP contribution < -0.4 is 0 Å². The number of halogens is 5. The van der Waals surface area contributed by atoms with Gasteiger partial charge in [0.15, 0.2) is 23.3 Å². The number of hydrogen-bond donors (Lipinski definition) is 1. The van der Waals surface area contributed by atoms with Crippen LogP contribution in [0.15, 0.2) is 0 Å². The summed E-state index contributed by atoms with van der Waals surface area (Å²) in [6.45, 7) is -0.0176. The standard InChI is InChI=1S/C14H12F5NO3/c15-9-8(10(16)12(18)13(19)11(9)17)14(23)20-4-2-1-3-6(20)5-7(21)22/h6H,1-5H2,(H,21,22). The molecule has 126 valence electrons. The minimum atomic E-state index is -2.35. The van der Waals surface area contributed by atoms with E-state index in [4.69, 9.17) is 5.11 Å². The van der Waals surface area contributed by atoms with Crippen LogP contribution >= 0.6 is 0 Å². The Hall–Kier alpha value is -2.19. The number of likely N-dealkylation sites (tertiary alicyclic amines) is 1. The second-order valence-electron chi connectivity index (χ2n) is 5.19. The van der Waals surface area contributed by atoms with Crippen molar-refractivity contribution < 1.29 is 36.6 Å². The SMILES string of the molecule is O=C(O)CC1CCCCN1C(=O)c1c(F)c(F)c(F)c(F)c1F. The summed E-state index contributed by atoms with van der Waals surface area (Å²) in [5.41, 5.74) is -1.56. The van der Waals surface area contributed by atoms with Gasteiger partial charge < -0.3 is 10.0 Å². The summed E-state index contributed by atoms with van der Waals surface area (Å²) in [5, 5.41) is 8.81. The van der Waals surface area contributed by atoms with Gasteiger partial charge in [-0.15, -0.1) is 0 Å². The monoisotopic (exact) mass is 337 g/mol. The second-order valence-corrected chi connectivity index (χ2v) is 5.19. The summed E-state index contributed by atoms with van der Waals surface area (Å²) in [4.78, 5) is 23.9. The zero-order valence-electron chi connectivity index (χ0n) is 11.7. The molecule has 1 atom stereocenters. The molecular weight excluding hydrogens is 325 g/mol. The number of carbonyl (C=O) groups excluding carboxylic acids is 1. The maximum atomic E-state index is 13.7. The van der Waals surface area contributed by atoms with Crippen LogP contribution in [-0.4, -0.2) is 34.5 Å². The lowest BCUT2D eigenvalue weighted by atomic mass is 9.98. The van der Waals surface area contributed by atoms with Gasteiger partial charge in [0, 0.05) is 12.6 Å². The van der Waals surface area contributed by atoms with Crippen LogP contribution in [0.5, 0.6) is 0 Å². The molecule has 1 aliphatic rings. The number of piperidine rings is 1. The first-order valence-corrected chi connectivity index (χ1v) is 6.79. The van der Waals surface area contributed by atoms with Crippen LogP contribution in [0.3, 0.4) is 0 Å². The van der Waals surface area contributed by atoms with Crippen molar-refractivity contribution in [2.45, 2.75) is 31.7 Å². The third-order valence-corrected chi connectivity index (χ3v) is 3.72. The minimum absolute atomic E-state index is 0.0176. The van der Waals surface area contributed by atoms with Gasteiger partial charge >= 0.3 is 5.97 Å². The number of aliphatic carboxylic acids is 1. The van der Waals surface area contributed by atoms with Crippen LogP contribution in [0.2, 0.25) is 0 Å². The zero-order chi connectivity index (χ0) is 17.3. The van der Waals surface area contributed by atoms with Crippen molar-refractivity contribution in [1.29, 1.82) is 0 Å². The highest BCUT2D eigenvalue weighted by molar-refractivity contribution is 5.95. The number of hydrogen-bond acceptors (Lipinski definition) is 2. The Labute approximate surface area is 127 Å². The number of rotatable bonds is 3. The lowest BCUT2D eigenvalue weighted by Gasteiger charge is -2.35. The molecule has 1 N–H and O–H groups in total. The van der Waals surface area contributed by atoms with E-state index in [9.17, 15) is 31.5 Å². The van der Waals surface area contributed by atoms with Gasteiger partial charge in [-0.3, -0.25) is 9.59 Å². The van der Waals surface area contributed by atoms with Crippen LogP contribution in [0, 0.1) is 29.1 Å². The quantitative estimate of drug-likeness (QED) is 0.524. The van der Waals surface area contributed by atoms with Gasteiger partial charge in [0.2, 0.25) is 5.82 Å². The summed E-state index contributed by atoms with van der Waals surface area (Å²) in [6, 6.07) is -0.858. The van der Waals surface area contributed by atoms with Crippen LogP contribution in [0.25, 0.3) is 0 Å². The van der Waals surface area contributed by atoms with Crippen molar-refractivity contribution in [1.82, 2.24) is 4.90 Å². The summed E-state index contributed by atoms with van der Waals surface area (Å²) in [5.74, 6) is -13.8. The molecule has 1 amide bonds. The molecule has 0 radical (unpaired) electrons. The van der Waals surface area contributed by atoms with Gasteiger partial charge in [-0.05, 0) is 19.3 Å². The van der Waals surface area contributed by atoms with Crippen molar-refractivity contribution in [3.8, 4) is 0 Å². The molecule has 4 nitrogen and oxygen atoms in total. The average molecular weight is 337 g/mol. The van der Waals surface area contributed by atoms with E-state index in [0.29, 0.717) is 12.8 Å². The Balaban J connectivity index is 2.45. The summed E-state index contributed by atoms with van der Waals surface area (Å²) >= 11 is 0. The molecule has 1 fully saturated rings. The molecule has 1 saturated heterocycles. The van der Waals surface area contributed by atoms with E-state index >= 15 is 0 Å². The molecule has 0 aromatic heterocycles. The number of carbonyl (C=O) groups is 2. The van der Waals surface area contributed by atoms with Crippen LogP contribution in [0.4, 0.5) is 22.0 Å². The van der Waals surface area contributed by atoms with Gasteiger partial charge in [-0.2, -0.15) is 0 Å². The molecule has 9 heteroatoms. The lowest BCUT2D eigenvalue weighted by Crippen LogP contribution is -2.45. The smallest absolute Gasteiger partial charge is 0.305 e. The Bertz CT molecular complexity index is 635. The minimum Gasteiger partial charge on any atom is -0.481 e. The highest BCUT2D eigenvalue weighted by atomic mass is 19.2. The highest BCUT2D eigenvalue weighted by Crippen LogP contribution is 2.27. The molecule has 23 heavy (non-hydrogen) atoms. The van der Waals surface area contributed by atoms with Crippen LogP contribution in [0.1, 0.15) is 36.0 Å². The van der Waals surface area contributed by atoms with E-state index in [-0.39, 0.29) is 13.0 Å². The van der Waals surface area contributed by atoms with Crippen molar-refractivity contribution in [3.63, 3.8) is 0 Å². The maximum Gasteiger partial charge on any atom is 0.305 e. The highest BCUT2D eigenvalue weighted by Gasteiger charge is 2.36. The third-order valence-electron chi connectivity index (χ3n) is 3.72. The average Bonchev–Trinajstić information content (AvgIpc) is 2.51. The molecule has 2 rings (SSSR count). The van der Waals surface area contributed by atoms with E-state index in [0.717, 1.165) is 4.90 Å². The fourth-order valence-corrected chi connectivity index (χ4v) is 2.62. The molecule has 0 aliphatic carbocycles.